The predicted octanol–water partition coefficient (Wildman–Crippen LogP) is 0.461. The monoisotopic (exact) mass is 270 g/mol. The Bertz CT molecular complexity index is 367. The van der Waals surface area contributed by atoms with E-state index < -0.39 is 0 Å². The zero-order chi connectivity index (χ0) is 13.8. The number of nitrogens with zero attached hydrogens (tertiary/aromatic N) is 1. The summed E-state index contributed by atoms with van der Waals surface area (Å²) < 4.78 is 0. The lowest BCUT2D eigenvalue weighted by Crippen LogP contribution is -2.35. The number of rotatable bonds is 6. The van der Waals surface area contributed by atoms with Crippen molar-refractivity contribution in [3.05, 3.63) is 12.2 Å². The maximum atomic E-state index is 11.5. The molecule has 1 atom stereocenters. The van der Waals surface area contributed by atoms with Gasteiger partial charge in [0.1, 0.15) is 0 Å². The van der Waals surface area contributed by atoms with Crippen LogP contribution < -0.4 is 5.32 Å². The van der Waals surface area contributed by atoms with Gasteiger partial charge < -0.3 is 5.32 Å². The van der Waals surface area contributed by atoms with Crippen molar-refractivity contribution in [2.24, 2.45) is 0 Å². The van der Waals surface area contributed by atoms with E-state index in [1.807, 2.05) is 0 Å². The number of carbonyl (C=O) groups excluding carboxylic acids is 3. The number of amides is 3. The van der Waals surface area contributed by atoms with Crippen LogP contribution in [0, 0.1) is 0 Å². The lowest BCUT2D eigenvalue weighted by Gasteiger charge is -2.18. The minimum atomic E-state index is -0.348. The molecule has 0 fully saturated rings. The van der Waals surface area contributed by atoms with Gasteiger partial charge in [0.05, 0.1) is 0 Å². The Morgan fingerprint density at radius 1 is 1.33 bits per heavy atom. The molecule has 1 rings (SSSR count). The van der Waals surface area contributed by atoms with Crippen LogP contribution in [-0.4, -0.2) is 40.9 Å². The highest BCUT2D eigenvalue weighted by atomic mass is 31.0. The largest absolute Gasteiger partial charge is 0.356 e. The third kappa shape index (κ3) is 4.96. The molecule has 6 heteroatoms. The molecule has 0 saturated carbocycles. The molecular formula is C12H19N2O3P. The Hall–Kier alpha value is -1.22. The van der Waals surface area contributed by atoms with Crippen LogP contribution >= 0.6 is 9.24 Å². The topological polar surface area (TPSA) is 66.5 Å². The van der Waals surface area contributed by atoms with Gasteiger partial charge in [0.25, 0.3) is 11.8 Å². The number of hydrogen-bond donors (Lipinski definition) is 1. The first-order valence-corrected chi connectivity index (χ1v) is 6.46. The van der Waals surface area contributed by atoms with Gasteiger partial charge in [-0.1, -0.05) is 13.8 Å². The molecule has 0 spiro atoms. The van der Waals surface area contributed by atoms with Crippen molar-refractivity contribution >= 4 is 27.0 Å². The Balaban J connectivity index is 2.22. The van der Waals surface area contributed by atoms with Crippen LogP contribution in [-0.2, 0) is 14.4 Å². The molecule has 0 bridgehead atoms. The second-order valence-electron chi connectivity index (χ2n) is 5.00. The SMILES string of the molecule is CC(C)(P)CCNC(=O)CCN1C(=O)C=CC1=O. The fourth-order valence-corrected chi connectivity index (χ4v) is 1.62. The smallest absolute Gasteiger partial charge is 0.253 e. The second-order valence-corrected chi connectivity index (χ2v) is 6.56. The van der Waals surface area contributed by atoms with Gasteiger partial charge >= 0.3 is 0 Å². The summed E-state index contributed by atoms with van der Waals surface area (Å²) in [4.78, 5) is 35.0. The van der Waals surface area contributed by atoms with E-state index >= 15 is 0 Å². The molecule has 0 aromatic rings. The van der Waals surface area contributed by atoms with Gasteiger partial charge in [0, 0.05) is 31.7 Å². The maximum Gasteiger partial charge on any atom is 0.253 e. The first-order chi connectivity index (χ1) is 8.29. The summed E-state index contributed by atoms with van der Waals surface area (Å²) >= 11 is 0. The molecule has 3 amide bonds. The maximum absolute atomic E-state index is 11.5. The van der Waals surface area contributed by atoms with E-state index in [-0.39, 0.29) is 35.8 Å². The second kappa shape index (κ2) is 6.10. The summed E-state index contributed by atoms with van der Waals surface area (Å²) in [5, 5.41) is 2.87. The number of nitrogens with one attached hydrogen (secondary N) is 1. The highest BCUT2D eigenvalue weighted by molar-refractivity contribution is 7.18. The average molecular weight is 270 g/mol. The van der Waals surface area contributed by atoms with Crippen molar-refractivity contribution in [2.75, 3.05) is 13.1 Å². The molecule has 0 saturated heterocycles. The summed E-state index contributed by atoms with van der Waals surface area (Å²) in [7, 11) is 2.72. The number of imide groups is 1. The zero-order valence-corrected chi connectivity index (χ0v) is 11.9. The van der Waals surface area contributed by atoms with Crippen molar-refractivity contribution in [1.82, 2.24) is 10.2 Å². The number of hydrogen-bond acceptors (Lipinski definition) is 3. The summed E-state index contributed by atoms with van der Waals surface area (Å²) in [5.41, 5.74) is 0. The van der Waals surface area contributed by atoms with Gasteiger partial charge in [0.15, 0.2) is 0 Å². The highest BCUT2D eigenvalue weighted by Gasteiger charge is 2.23. The molecule has 0 radical (unpaired) electrons. The predicted molar refractivity (Wildman–Crippen MR) is 71.9 cm³/mol. The van der Waals surface area contributed by atoms with Gasteiger partial charge in [-0.2, -0.15) is 0 Å². The molecule has 0 aromatic heterocycles. The Morgan fingerprint density at radius 2 is 1.89 bits per heavy atom. The normalized spacial score (nSPS) is 15.4. The van der Waals surface area contributed by atoms with Crippen LogP contribution in [0.15, 0.2) is 12.2 Å². The molecule has 18 heavy (non-hydrogen) atoms. The lowest BCUT2D eigenvalue weighted by molar-refractivity contribution is -0.137. The molecule has 1 aliphatic heterocycles. The molecule has 0 aromatic carbocycles. The van der Waals surface area contributed by atoms with Crippen LogP contribution in [0.5, 0.6) is 0 Å². The quantitative estimate of drug-likeness (QED) is 0.563. The van der Waals surface area contributed by atoms with Crippen molar-refractivity contribution in [2.45, 2.75) is 31.8 Å². The van der Waals surface area contributed by atoms with Gasteiger partial charge in [0.2, 0.25) is 5.91 Å². The Kier molecular flexibility index (Phi) is 5.03. The van der Waals surface area contributed by atoms with Gasteiger partial charge in [-0.25, -0.2) is 0 Å². The van der Waals surface area contributed by atoms with E-state index in [1.54, 1.807) is 0 Å². The summed E-state index contributed by atoms with van der Waals surface area (Å²) in [5.74, 6) is -0.838. The average Bonchev–Trinajstić information content (AvgIpc) is 2.54. The fourth-order valence-electron chi connectivity index (χ4n) is 1.48. The minimum Gasteiger partial charge on any atom is -0.356 e. The van der Waals surface area contributed by atoms with E-state index in [9.17, 15) is 14.4 Å². The van der Waals surface area contributed by atoms with Crippen molar-refractivity contribution in [3.8, 4) is 0 Å². The summed E-state index contributed by atoms with van der Waals surface area (Å²) in [6, 6.07) is 0. The van der Waals surface area contributed by atoms with E-state index in [4.69, 9.17) is 0 Å². The number of carbonyl (C=O) groups is 3. The third-order valence-corrected chi connectivity index (χ3v) is 2.84. The van der Waals surface area contributed by atoms with Crippen molar-refractivity contribution in [3.63, 3.8) is 0 Å². The Morgan fingerprint density at radius 3 is 2.39 bits per heavy atom. The van der Waals surface area contributed by atoms with Gasteiger partial charge in [-0.15, -0.1) is 9.24 Å². The first kappa shape index (κ1) is 14.8. The van der Waals surface area contributed by atoms with E-state index in [1.165, 1.54) is 12.2 Å². The molecule has 1 heterocycles. The van der Waals surface area contributed by atoms with Crippen molar-refractivity contribution < 1.29 is 14.4 Å². The molecule has 5 nitrogen and oxygen atoms in total. The third-order valence-electron chi connectivity index (χ3n) is 2.55. The molecule has 0 aliphatic carbocycles. The molecular weight excluding hydrogens is 251 g/mol. The Labute approximate surface area is 109 Å². The lowest BCUT2D eigenvalue weighted by atomic mass is 10.1. The van der Waals surface area contributed by atoms with Crippen LogP contribution in [0.25, 0.3) is 0 Å². The minimum absolute atomic E-state index is 0.0953. The van der Waals surface area contributed by atoms with Crippen molar-refractivity contribution in [1.29, 1.82) is 0 Å². The fraction of sp³-hybridized carbons (Fsp3) is 0.583. The van der Waals surface area contributed by atoms with Crippen LogP contribution in [0.4, 0.5) is 0 Å². The van der Waals surface area contributed by atoms with E-state index in [0.717, 1.165) is 11.3 Å². The van der Waals surface area contributed by atoms with E-state index in [2.05, 4.69) is 28.4 Å². The molecule has 1 unspecified atom stereocenters. The standard InChI is InChI=1S/C12H19N2O3P/c1-12(2,18)6-7-13-9(15)5-8-14-10(16)3-4-11(14)17/h3-4H,5-8,18H2,1-2H3,(H,13,15). The van der Waals surface area contributed by atoms with Gasteiger partial charge in [-0.3, -0.25) is 19.3 Å². The van der Waals surface area contributed by atoms with Gasteiger partial charge in [-0.05, 0) is 11.6 Å². The summed E-state index contributed by atoms with van der Waals surface area (Å²) in [6.45, 7) is 4.87. The molecule has 1 aliphatic rings. The molecule has 1 N–H and O–H groups in total. The highest BCUT2D eigenvalue weighted by Crippen LogP contribution is 2.19. The van der Waals surface area contributed by atoms with Crippen LogP contribution in [0.3, 0.4) is 0 Å². The first-order valence-electron chi connectivity index (χ1n) is 5.89. The van der Waals surface area contributed by atoms with E-state index in [0.29, 0.717) is 6.54 Å². The molecule has 100 valence electrons. The summed E-state index contributed by atoms with van der Waals surface area (Å²) in [6.07, 6.45) is 3.44. The van der Waals surface area contributed by atoms with Crippen LogP contribution in [0.1, 0.15) is 26.7 Å². The zero-order valence-electron chi connectivity index (χ0n) is 10.7. The van der Waals surface area contributed by atoms with Crippen LogP contribution in [0.2, 0.25) is 0 Å².